The lowest BCUT2D eigenvalue weighted by atomic mass is 9.98. The molecule has 0 amide bonds. The van der Waals surface area contributed by atoms with Crippen LogP contribution in [0.5, 0.6) is 0 Å². The molecule has 0 bridgehead atoms. The highest BCUT2D eigenvalue weighted by Gasteiger charge is 2.20. The highest BCUT2D eigenvalue weighted by Crippen LogP contribution is 2.17. The third-order valence-corrected chi connectivity index (χ3v) is 4.33. The van der Waals surface area contributed by atoms with E-state index in [9.17, 15) is 4.21 Å². The first-order chi connectivity index (χ1) is 7.43. The van der Waals surface area contributed by atoms with Gasteiger partial charge < -0.3 is 4.90 Å². The molecule has 0 unspecified atom stereocenters. The molecule has 4 heteroatoms. The topological polar surface area (TPSA) is 32.7 Å². The zero-order chi connectivity index (χ0) is 12.2. The van der Waals surface area contributed by atoms with Crippen LogP contribution in [0.15, 0.2) is 4.40 Å². The molecule has 0 spiro atoms. The van der Waals surface area contributed by atoms with E-state index >= 15 is 0 Å². The quantitative estimate of drug-likeness (QED) is 0.713. The van der Waals surface area contributed by atoms with E-state index in [-0.39, 0.29) is 4.75 Å². The van der Waals surface area contributed by atoms with Crippen LogP contribution in [-0.2, 0) is 11.0 Å². The van der Waals surface area contributed by atoms with Crippen molar-refractivity contribution in [2.75, 3.05) is 19.6 Å². The third kappa shape index (κ3) is 4.34. The van der Waals surface area contributed by atoms with Crippen molar-refractivity contribution >= 4 is 17.2 Å². The van der Waals surface area contributed by atoms with Crippen molar-refractivity contribution in [1.82, 2.24) is 4.90 Å². The average molecular weight is 244 g/mol. The molecule has 1 fully saturated rings. The molecule has 1 heterocycles. The van der Waals surface area contributed by atoms with Crippen LogP contribution in [0.4, 0.5) is 0 Å². The Morgan fingerprint density at radius 1 is 1.38 bits per heavy atom. The minimum Gasteiger partial charge on any atom is -0.304 e. The number of hydrogen-bond donors (Lipinski definition) is 0. The summed E-state index contributed by atoms with van der Waals surface area (Å²) < 4.78 is 15.7. The standard InChI is InChI=1S/C12H24N2OS/c1-5-14-8-6-11(7-9-14)10-13-16(15)12(2,3)4/h10-11H,5-9H2,1-4H3/t16-/m0/s1. The summed E-state index contributed by atoms with van der Waals surface area (Å²) in [5, 5.41) is 0. The Morgan fingerprint density at radius 2 is 1.94 bits per heavy atom. The lowest BCUT2D eigenvalue weighted by molar-refractivity contribution is 0.221. The zero-order valence-corrected chi connectivity index (χ0v) is 11.7. The Kier molecular flexibility index (Phi) is 5.12. The maximum Gasteiger partial charge on any atom is 0.144 e. The van der Waals surface area contributed by atoms with E-state index in [2.05, 4.69) is 16.2 Å². The van der Waals surface area contributed by atoms with Gasteiger partial charge in [0, 0.05) is 6.21 Å². The van der Waals surface area contributed by atoms with Crippen molar-refractivity contribution in [3.05, 3.63) is 0 Å². The fourth-order valence-corrected chi connectivity index (χ4v) is 2.32. The van der Waals surface area contributed by atoms with Gasteiger partial charge in [-0.15, -0.1) is 0 Å². The summed E-state index contributed by atoms with van der Waals surface area (Å²) in [6.07, 6.45) is 4.23. The summed E-state index contributed by atoms with van der Waals surface area (Å²) in [5.74, 6) is 0.522. The van der Waals surface area contributed by atoms with Gasteiger partial charge in [0.2, 0.25) is 0 Å². The second kappa shape index (κ2) is 5.92. The normalized spacial score (nSPS) is 22.8. The Hall–Kier alpha value is -0.220. The average Bonchev–Trinajstić information content (AvgIpc) is 2.25. The molecule has 0 aromatic heterocycles. The van der Waals surface area contributed by atoms with Gasteiger partial charge in [-0.2, -0.15) is 4.40 Å². The van der Waals surface area contributed by atoms with E-state index in [1.54, 1.807) is 0 Å². The van der Waals surface area contributed by atoms with Crippen LogP contribution >= 0.6 is 0 Å². The Morgan fingerprint density at radius 3 is 2.38 bits per heavy atom. The van der Waals surface area contributed by atoms with Crippen molar-refractivity contribution in [1.29, 1.82) is 0 Å². The number of nitrogens with zero attached hydrogens (tertiary/aromatic N) is 2. The zero-order valence-electron chi connectivity index (χ0n) is 10.9. The molecule has 94 valence electrons. The van der Waals surface area contributed by atoms with Gasteiger partial charge in [0.25, 0.3) is 0 Å². The summed E-state index contributed by atoms with van der Waals surface area (Å²) >= 11 is 0. The van der Waals surface area contributed by atoms with E-state index in [1.165, 1.54) is 0 Å². The molecule has 1 rings (SSSR count). The van der Waals surface area contributed by atoms with Crippen LogP contribution in [0.25, 0.3) is 0 Å². The summed E-state index contributed by atoms with van der Waals surface area (Å²) in [6.45, 7) is 11.5. The fourth-order valence-electron chi connectivity index (χ4n) is 1.72. The summed E-state index contributed by atoms with van der Waals surface area (Å²) in [7, 11) is -1.09. The van der Waals surface area contributed by atoms with Gasteiger partial charge in [-0.05, 0) is 59.2 Å². The third-order valence-electron chi connectivity index (χ3n) is 2.97. The summed E-state index contributed by atoms with van der Waals surface area (Å²) in [4.78, 5) is 2.45. The van der Waals surface area contributed by atoms with Gasteiger partial charge in [-0.3, -0.25) is 0 Å². The van der Waals surface area contributed by atoms with Crippen molar-refractivity contribution in [2.24, 2.45) is 10.3 Å². The summed E-state index contributed by atoms with van der Waals surface area (Å²) in [6, 6.07) is 0. The van der Waals surface area contributed by atoms with E-state index in [0.717, 1.165) is 32.5 Å². The van der Waals surface area contributed by atoms with Crippen LogP contribution in [0, 0.1) is 5.92 Å². The Balaban J connectivity index is 2.39. The molecular formula is C12H24N2OS. The Labute approximate surface area is 102 Å². The van der Waals surface area contributed by atoms with Crippen molar-refractivity contribution in [2.45, 2.75) is 45.3 Å². The van der Waals surface area contributed by atoms with Crippen molar-refractivity contribution in [3.8, 4) is 0 Å². The largest absolute Gasteiger partial charge is 0.304 e. The van der Waals surface area contributed by atoms with Crippen LogP contribution < -0.4 is 0 Å². The molecule has 1 atom stereocenters. The molecule has 0 aliphatic carbocycles. The molecule has 0 N–H and O–H groups in total. The molecule has 1 aliphatic heterocycles. The number of likely N-dealkylation sites (tertiary alicyclic amines) is 1. The molecule has 0 radical (unpaired) electrons. The second-order valence-electron chi connectivity index (χ2n) is 5.39. The van der Waals surface area contributed by atoms with E-state index in [4.69, 9.17) is 0 Å². The molecule has 0 aromatic carbocycles. The van der Waals surface area contributed by atoms with Crippen LogP contribution in [0.3, 0.4) is 0 Å². The first kappa shape index (κ1) is 13.8. The predicted octanol–water partition coefficient (Wildman–Crippen LogP) is 2.25. The first-order valence-electron chi connectivity index (χ1n) is 6.12. The minimum atomic E-state index is -1.09. The molecule has 0 aromatic rings. The molecule has 0 saturated carbocycles. The second-order valence-corrected chi connectivity index (χ2v) is 7.32. The SMILES string of the molecule is CCN1CCC(C=N[S@@](=O)C(C)(C)C)CC1. The first-order valence-corrected chi connectivity index (χ1v) is 7.22. The number of rotatable bonds is 3. The predicted molar refractivity (Wildman–Crippen MR) is 71.2 cm³/mol. The smallest absolute Gasteiger partial charge is 0.144 e. The van der Waals surface area contributed by atoms with E-state index in [1.807, 2.05) is 27.0 Å². The van der Waals surface area contributed by atoms with Crippen LogP contribution in [0.2, 0.25) is 0 Å². The van der Waals surface area contributed by atoms with E-state index < -0.39 is 11.0 Å². The van der Waals surface area contributed by atoms with Gasteiger partial charge in [0.05, 0.1) is 4.75 Å². The van der Waals surface area contributed by atoms with Crippen LogP contribution in [0.1, 0.15) is 40.5 Å². The number of hydrogen-bond acceptors (Lipinski definition) is 2. The monoisotopic (exact) mass is 244 g/mol. The molecule has 16 heavy (non-hydrogen) atoms. The van der Waals surface area contributed by atoms with Gasteiger partial charge in [-0.1, -0.05) is 6.92 Å². The molecule has 1 saturated heterocycles. The van der Waals surface area contributed by atoms with Crippen molar-refractivity contribution in [3.63, 3.8) is 0 Å². The highest BCUT2D eigenvalue weighted by atomic mass is 32.2. The molecular weight excluding hydrogens is 220 g/mol. The lowest BCUT2D eigenvalue weighted by Gasteiger charge is -2.29. The Bertz CT molecular complexity index is 263. The van der Waals surface area contributed by atoms with Gasteiger partial charge in [0.15, 0.2) is 0 Å². The maximum atomic E-state index is 11.7. The summed E-state index contributed by atoms with van der Waals surface area (Å²) in [5.41, 5.74) is 0. The number of piperidine rings is 1. The molecule has 1 aliphatic rings. The van der Waals surface area contributed by atoms with Crippen LogP contribution in [-0.4, -0.2) is 39.7 Å². The molecule has 3 nitrogen and oxygen atoms in total. The highest BCUT2D eigenvalue weighted by molar-refractivity contribution is 7.85. The van der Waals surface area contributed by atoms with E-state index in [0.29, 0.717) is 5.92 Å². The minimum absolute atomic E-state index is 0.235. The van der Waals surface area contributed by atoms with Gasteiger partial charge >= 0.3 is 0 Å². The van der Waals surface area contributed by atoms with Gasteiger partial charge in [0.1, 0.15) is 11.0 Å². The van der Waals surface area contributed by atoms with Gasteiger partial charge in [-0.25, -0.2) is 4.21 Å². The lowest BCUT2D eigenvalue weighted by Crippen LogP contribution is -2.34. The fraction of sp³-hybridized carbons (Fsp3) is 0.917. The maximum absolute atomic E-state index is 11.7. The van der Waals surface area contributed by atoms with Crippen molar-refractivity contribution < 1.29 is 4.21 Å².